The molecule has 0 saturated heterocycles. The van der Waals surface area contributed by atoms with Crippen LogP contribution in [0.5, 0.6) is 0 Å². The van der Waals surface area contributed by atoms with E-state index < -0.39 is 0 Å². The number of hydrogen-bond acceptors (Lipinski definition) is 2. The second-order valence-electron chi connectivity index (χ2n) is 4.58. The zero-order valence-electron chi connectivity index (χ0n) is 10.5. The molecule has 92 valence electrons. The number of aliphatic hydroxyl groups is 1. The lowest BCUT2D eigenvalue weighted by Gasteiger charge is -2.21. The van der Waals surface area contributed by atoms with E-state index in [-0.39, 0.29) is 6.10 Å². The molecular weight excluding hydrogens is 216 g/mol. The molecule has 0 aliphatic rings. The zero-order chi connectivity index (χ0) is 11.8. The highest BCUT2D eigenvalue weighted by Gasteiger charge is 2.17. The van der Waals surface area contributed by atoms with Gasteiger partial charge < -0.3 is 5.11 Å². The van der Waals surface area contributed by atoms with Gasteiger partial charge in [0.25, 0.3) is 0 Å². The van der Waals surface area contributed by atoms with E-state index >= 15 is 0 Å². The predicted octanol–water partition coefficient (Wildman–Crippen LogP) is 4.26. The van der Waals surface area contributed by atoms with Gasteiger partial charge in [-0.15, -0.1) is 0 Å². The molecule has 1 aromatic heterocycles. The summed E-state index contributed by atoms with van der Waals surface area (Å²) in [4.78, 5) is 0. The van der Waals surface area contributed by atoms with Gasteiger partial charge >= 0.3 is 0 Å². The first-order valence-electron chi connectivity index (χ1n) is 6.47. The summed E-state index contributed by atoms with van der Waals surface area (Å²) in [7, 11) is 0. The lowest BCUT2D eigenvalue weighted by atomic mass is 9.89. The number of rotatable bonds is 8. The summed E-state index contributed by atoms with van der Waals surface area (Å²) >= 11 is 1.74. The highest BCUT2D eigenvalue weighted by Crippen LogP contribution is 2.21. The monoisotopic (exact) mass is 240 g/mol. The standard InChI is InChI=1S/C14H24OS/c1-3-5-13(6-4-2)14(15)8-7-12-9-10-16-11-12/h9-11,13-15H,3-8H2,1-2H3. The predicted molar refractivity (Wildman–Crippen MR) is 72.0 cm³/mol. The molecule has 2 heteroatoms. The van der Waals surface area contributed by atoms with Crippen LogP contribution in [0.15, 0.2) is 16.8 Å². The maximum absolute atomic E-state index is 10.2. The summed E-state index contributed by atoms with van der Waals surface area (Å²) in [5.74, 6) is 0.508. The minimum absolute atomic E-state index is 0.111. The molecule has 16 heavy (non-hydrogen) atoms. The smallest absolute Gasteiger partial charge is 0.0571 e. The molecule has 1 unspecified atom stereocenters. The summed E-state index contributed by atoms with van der Waals surface area (Å²) in [6.45, 7) is 4.41. The first-order valence-corrected chi connectivity index (χ1v) is 7.41. The van der Waals surface area contributed by atoms with E-state index in [1.165, 1.54) is 31.2 Å². The number of aryl methyl sites for hydroxylation is 1. The van der Waals surface area contributed by atoms with Crippen LogP contribution in [0.2, 0.25) is 0 Å². The van der Waals surface area contributed by atoms with Crippen molar-refractivity contribution in [3.63, 3.8) is 0 Å². The quantitative estimate of drug-likeness (QED) is 0.720. The van der Waals surface area contributed by atoms with Gasteiger partial charge in [-0.05, 0) is 54.0 Å². The third-order valence-corrected chi connectivity index (χ3v) is 3.90. The molecule has 0 aliphatic heterocycles. The molecule has 0 radical (unpaired) electrons. The van der Waals surface area contributed by atoms with Gasteiger partial charge in [-0.3, -0.25) is 0 Å². The van der Waals surface area contributed by atoms with Crippen molar-refractivity contribution in [3.8, 4) is 0 Å². The largest absolute Gasteiger partial charge is 0.393 e. The Kier molecular flexibility index (Phi) is 6.74. The van der Waals surface area contributed by atoms with E-state index in [2.05, 4.69) is 30.7 Å². The van der Waals surface area contributed by atoms with Gasteiger partial charge in [0, 0.05) is 0 Å². The molecule has 0 amide bonds. The van der Waals surface area contributed by atoms with Gasteiger partial charge in [0.05, 0.1) is 6.10 Å². The van der Waals surface area contributed by atoms with Crippen LogP contribution in [-0.2, 0) is 6.42 Å². The summed E-state index contributed by atoms with van der Waals surface area (Å²) in [6.07, 6.45) is 6.52. The molecule has 1 nitrogen and oxygen atoms in total. The lowest BCUT2D eigenvalue weighted by Crippen LogP contribution is -2.21. The Bertz CT molecular complexity index is 250. The third kappa shape index (κ3) is 4.67. The average Bonchev–Trinajstić information content (AvgIpc) is 2.78. The van der Waals surface area contributed by atoms with Crippen molar-refractivity contribution in [1.82, 2.24) is 0 Å². The Hall–Kier alpha value is -0.340. The Morgan fingerprint density at radius 2 is 1.88 bits per heavy atom. The summed E-state index contributed by atoms with van der Waals surface area (Å²) in [5.41, 5.74) is 1.37. The topological polar surface area (TPSA) is 20.2 Å². The van der Waals surface area contributed by atoms with Crippen molar-refractivity contribution in [2.45, 2.75) is 58.5 Å². The molecule has 0 bridgehead atoms. The van der Waals surface area contributed by atoms with E-state index in [9.17, 15) is 5.11 Å². The highest BCUT2D eigenvalue weighted by atomic mass is 32.1. The second-order valence-corrected chi connectivity index (χ2v) is 5.36. The molecule has 1 heterocycles. The molecule has 0 aromatic carbocycles. The van der Waals surface area contributed by atoms with E-state index in [0.29, 0.717) is 5.92 Å². The van der Waals surface area contributed by atoms with Crippen LogP contribution < -0.4 is 0 Å². The molecular formula is C14H24OS. The fraction of sp³-hybridized carbons (Fsp3) is 0.714. The van der Waals surface area contributed by atoms with Crippen LogP contribution in [-0.4, -0.2) is 11.2 Å². The SMILES string of the molecule is CCCC(CCC)C(O)CCc1ccsc1. The maximum Gasteiger partial charge on any atom is 0.0571 e. The van der Waals surface area contributed by atoms with Gasteiger partial charge in [-0.2, -0.15) is 11.3 Å². The van der Waals surface area contributed by atoms with E-state index in [1.807, 2.05) is 0 Å². The van der Waals surface area contributed by atoms with Crippen molar-refractivity contribution in [2.75, 3.05) is 0 Å². The zero-order valence-corrected chi connectivity index (χ0v) is 11.3. The number of thiophene rings is 1. The molecule has 0 aliphatic carbocycles. The molecule has 1 N–H and O–H groups in total. The van der Waals surface area contributed by atoms with Gasteiger partial charge in [0.1, 0.15) is 0 Å². The fourth-order valence-electron chi connectivity index (χ4n) is 2.26. The van der Waals surface area contributed by atoms with Gasteiger partial charge in [-0.25, -0.2) is 0 Å². The van der Waals surface area contributed by atoms with Crippen LogP contribution in [0.25, 0.3) is 0 Å². The van der Waals surface area contributed by atoms with Crippen molar-refractivity contribution in [1.29, 1.82) is 0 Å². The minimum atomic E-state index is -0.111. The second kappa shape index (κ2) is 7.86. The first-order chi connectivity index (χ1) is 7.77. The summed E-state index contributed by atoms with van der Waals surface area (Å²) in [5, 5.41) is 14.5. The van der Waals surface area contributed by atoms with E-state index in [1.54, 1.807) is 11.3 Å². The van der Waals surface area contributed by atoms with Crippen molar-refractivity contribution in [3.05, 3.63) is 22.4 Å². The molecule has 1 atom stereocenters. The van der Waals surface area contributed by atoms with Crippen molar-refractivity contribution < 1.29 is 5.11 Å². The van der Waals surface area contributed by atoms with E-state index in [4.69, 9.17) is 0 Å². The van der Waals surface area contributed by atoms with E-state index in [0.717, 1.165) is 12.8 Å². The molecule has 1 rings (SSSR count). The third-order valence-electron chi connectivity index (χ3n) is 3.17. The Balaban J connectivity index is 2.33. The average molecular weight is 240 g/mol. The Morgan fingerprint density at radius 3 is 2.38 bits per heavy atom. The molecule has 0 spiro atoms. The molecule has 0 saturated carbocycles. The maximum atomic E-state index is 10.2. The first kappa shape index (κ1) is 13.7. The van der Waals surface area contributed by atoms with Crippen molar-refractivity contribution in [2.24, 2.45) is 5.92 Å². The Labute approximate surface area is 104 Å². The number of aliphatic hydroxyl groups excluding tert-OH is 1. The molecule has 0 fully saturated rings. The molecule has 1 aromatic rings. The van der Waals surface area contributed by atoms with Gasteiger partial charge in [0.2, 0.25) is 0 Å². The van der Waals surface area contributed by atoms with Crippen LogP contribution in [0.4, 0.5) is 0 Å². The van der Waals surface area contributed by atoms with Crippen LogP contribution in [0.3, 0.4) is 0 Å². The summed E-state index contributed by atoms with van der Waals surface area (Å²) in [6, 6.07) is 2.16. The van der Waals surface area contributed by atoms with Gasteiger partial charge in [0.15, 0.2) is 0 Å². The fourth-order valence-corrected chi connectivity index (χ4v) is 2.96. The lowest BCUT2D eigenvalue weighted by molar-refractivity contribution is 0.0883. The van der Waals surface area contributed by atoms with Crippen LogP contribution in [0.1, 0.15) is 51.5 Å². The highest BCUT2D eigenvalue weighted by molar-refractivity contribution is 7.07. The normalized spacial score (nSPS) is 13.2. The Morgan fingerprint density at radius 1 is 1.19 bits per heavy atom. The van der Waals surface area contributed by atoms with Crippen molar-refractivity contribution >= 4 is 11.3 Å². The number of hydrogen-bond donors (Lipinski definition) is 1. The van der Waals surface area contributed by atoms with Crippen LogP contribution in [0, 0.1) is 5.92 Å². The van der Waals surface area contributed by atoms with Gasteiger partial charge in [-0.1, -0.05) is 26.7 Å². The minimum Gasteiger partial charge on any atom is -0.393 e. The summed E-state index contributed by atoms with van der Waals surface area (Å²) < 4.78 is 0. The van der Waals surface area contributed by atoms with Crippen LogP contribution >= 0.6 is 11.3 Å².